The summed E-state index contributed by atoms with van der Waals surface area (Å²) in [6.07, 6.45) is -2.13. The summed E-state index contributed by atoms with van der Waals surface area (Å²) in [6.45, 7) is 3.76. The van der Waals surface area contributed by atoms with Gasteiger partial charge in [0.1, 0.15) is 18.1 Å². The van der Waals surface area contributed by atoms with Gasteiger partial charge in [0.25, 0.3) is 0 Å². The number of amidine groups is 1. The molecule has 0 saturated carbocycles. The number of nitriles is 1. The van der Waals surface area contributed by atoms with Crippen molar-refractivity contribution in [1.82, 2.24) is 20.1 Å². The molecule has 0 atom stereocenters. The first-order chi connectivity index (χ1) is 21.0. The van der Waals surface area contributed by atoms with Crippen molar-refractivity contribution in [2.45, 2.75) is 20.2 Å². The van der Waals surface area contributed by atoms with Crippen LogP contribution in [0.5, 0.6) is 5.75 Å². The highest BCUT2D eigenvalue weighted by Gasteiger charge is 2.32. The van der Waals surface area contributed by atoms with E-state index < -0.39 is 12.4 Å². The largest absolute Gasteiger partial charge is 0.573 e. The summed E-state index contributed by atoms with van der Waals surface area (Å²) in [5.41, 5.74) is 4.20. The summed E-state index contributed by atoms with van der Waals surface area (Å²) < 4.78 is 42.5. The number of halogens is 3. The molecule has 0 spiro atoms. The summed E-state index contributed by atoms with van der Waals surface area (Å²) in [6, 6.07) is 18.8. The first-order valence-electron chi connectivity index (χ1n) is 12.9. The third kappa shape index (κ3) is 6.79. The van der Waals surface area contributed by atoms with Gasteiger partial charge in [-0.3, -0.25) is 9.69 Å². The summed E-state index contributed by atoms with van der Waals surface area (Å²) in [4.78, 5) is 35.0. The number of anilines is 1. The summed E-state index contributed by atoms with van der Waals surface area (Å²) >= 11 is 1.16. The second-order valence-electron chi connectivity index (χ2n) is 9.40. The second kappa shape index (κ2) is 12.4. The Balaban J connectivity index is 1.27. The number of aryl methyl sites for hydroxylation is 2. The number of nitrogens with zero attached hydrogens (tertiary/aromatic N) is 6. The number of hydrogen-bond donors (Lipinski definition) is 1. The highest BCUT2D eigenvalue weighted by atomic mass is 32.2. The Hall–Kier alpha value is -5.42. The molecule has 10 nitrogen and oxygen atoms in total. The van der Waals surface area contributed by atoms with Crippen molar-refractivity contribution in [3.8, 4) is 28.9 Å². The fourth-order valence-electron chi connectivity index (χ4n) is 4.38. The van der Waals surface area contributed by atoms with Crippen molar-refractivity contribution in [1.29, 1.82) is 5.26 Å². The van der Waals surface area contributed by atoms with Crippen LogP contribution in [0.4, 0.5) is 23.7 Å². The van der Waals surface area contributed by atoms with E-state index in [9.17, 15) is 28.0 Å². The van der Waals surface area contributed by atoms with Crippen LogP contribution in [0, 0.1) is 25.2 Å². The van der Waals surface area contributed by atoms with Crippen LogP contribution < -0.4 is 15.0 Å². The molecule has 1 saturated heterocycles. The lowest BCUT2D eigenvalue weighted by Crippen LogP contribution is -2.32. The summed E-state index contributed by atoms with van der Waals surface area (Å²) in [5, 5.41) is 16.8. The first-order valence-corrected chi connectivity index (χ1v) is 13.9. The molecular weight excluding hydrogens is 595 g/mol. The molecule has 0 unspecified atom stereocenters. The van der Waals surface area contributed by atoms with E-state index in [0.29, 0.717) is 28.3 Å². The highest BCUT2D eigenvalue weighted by Crippen LogP contribution is 2.32. The summed E-state index contributed by atoms with van der Waals surface area (Å²) in [5.74, 6) is -0.0353. The average molecular weight is 618 g/mol. The molecule has 3 aromatic carbocycles. The van der Waals surface area contributed by atoms with E-state index in [0.717, 1.165) is 22.9 Å². The number of carbonyl (C=O) groups is 2. The third-order valence-electron chi connectivity index (χ3n) is 6.37. The molecule has 0 radical (unpaired) electrons. The van der Waals surface area contributed by atoms with E-state index in [-0.39, 0.29) is 28.2 Å². The normalized spacial score (nSPS) is 14.5. The number of amides is 3. The van der Waals surface area contributed by atoms with Gasteiger partial charge in [0.05, 0.1) is 22.7 Å². The van der Waals surface area contributed by atoms with Gasteiger partial charge in [-0.2, -0.15) is 10.3 Å². The molecule has 1 N–H and O–H groups in total. The number of urea groups is 1. The molecular formula is C30H22F3N7O3S. The minimum atomic E-state index is -4.78. The molecule has 1 aliphatic rings. The maximum Gasteiger partial charge on any atom is 0.573 e. The van der Waals surface area contributed by atoms with Gasteiger partial charge in [-0.1, -0.05) is 54.2 Å². The minimum absolute atomic E-state index is 0.155. The third-order valence-corrected chi connectivity index (χ3v) is 7.29. The van der Waals surface area contributed by atoms with E-state index in [1.807, 2.05) is 38.1 Å². The maximum atomic E-state index is 12.7. The standard InChI is InChI=1S/C30H22F3N7O3S/c1-18-4-3-5-19(2)26(18)40-25(41)16-44-29(40)37-28(42)35-15-22(14-34)20-6-8-21(9-7-20)27-36-17-39(38-27)23-10-12-24(13-11-23)43-30(31,32)33/h3-13,15,17H,16H2,1-2H3,(H,35,42)/b22-15+,37-29-. The quantitative estimate of drug-likeness (QED) is 0.257. The Kier molecular flexibility index (Phi) is 8.50. The van der Waals surface area contributed by atoms with Gasteiger partial charge < -0.3 is 10.1 Å². The van der Waals surface area contributed by atoms with Crippen LogP contribution in [-0.2, 0) is 4.79 Å². The van der Waals surface area contributed by atoms with E-state index in [1.54, 1.807) is 24.3 Å². The van der Waals surface area contributed by atoms with Gasteiger partial charge in [-0.25, -0.2) is 14.5 Å². The first kappa shape index (κ1) is 30.1. The second-order valence-corrected chi connectivity index (χ2v) is 10.3. The number of rotatable bonds is 6. The van der Waals surface area contributed by atoms with Crippen molar-refractivity contribution in [3.05, 3.63) is 95.9 Å². The Morgan fingerprint density at radius 3 is 2.41 bits per heavy atom. The van der Waals surface area contributed by atoms with E-state index >= 15 is 0 Å². The highest BCUT2D eigenvalue weighted by molar-refractivity contribution is 8.15. The molecule has 1 aromatic heterocycles. The number of benzene rings is 3. The zero-order chi connectivity index (χ0) is 31.4. The van der Waals surface area contributed by atoms with Crippen LogP contribution in [-0.4, -0.2) is 44.0 Å². The topological polar surface area (TPSA) is 126 Å². The van der Waals surface area contributed by atoms with Crippen molar-refractivity contribution in [2.24, 2.45) is 4.99 Å². The lowest BCUT2D eigenvalue weighted by molar-refractivity contribution is -0.274. The predicted molar refractivity (Wildman–Crippen MR) is 159 cm³/mol. The molecule has 5 rings (SSSR count). The van der Waals surface area contributed by atoms with Gasteiger partial charge >= 0.3 is 12.4 Å². The van der Waals surface area contributed by atoms with Crippen LogP contribution in [0.2, 0.25) is 0 Å². The number of thioether (sulfide) groups is 1. The van der Waals surface area contributed by atoms with Crippen molar-refractivity contribution in [3.63, 3.8) is 0 Å². The average Bonchev–Trinajstić information content (AvgIpc) is 3.61. The lowest BCUT2D eigenvalue weighted by Gasteiger charge is -2.20. The Morgan fingerprint density at radius 2 is 1.77 bits per heavy atom. The van der Waals surface area contributed by atoms with Gasteiger partial charge in [-0.05, 0) is 54.8 Å². The number of allylic oxidation sites excluding steroid dienone is 1. The monoisotopic (exact) mass is 617 g/mol. The van der Waals surface area contributed by atoms with Crippen LogP contribution in [0.15, 0.2) is 84.2 Å². The molecule has 0 aliphatic carbocycles. The number of nitrogens with one attached hydrogen (secondary N) is 1. The predicted octanol–water partition coefficient (Wildman–Crippen LogP) is 6.16. The van der Waals surface area contributed by atoms with E-state index in [2.05, 4.69) is 25.1 Å². The minimum Gasteiger partial charge on any atom is -0.406 e. The van der Waals surface area contributed by atoms with Crippen LogP contribution in [0.3, 0.4) is 0 Å². The SMILES string of the molecule is Cc1cccc(C)c1N1C(=O)CS/C1=N\C(=O)N/C=C(\C#N)c1ccc(-c2ncn(-c3ccc(OC(F)(F)F)cc3)n2)cc1. The van der Waals surface area contributed by atoms with Gasteiger partial charge in [0.15, 0.2) is 11.0 Å². The summed E-state index contributed by atoms with van der Waals surface area (Å²) in [7, 11) is 0. The number of ether oxygens (including phenoxy) is 1. The number of para-hydroxylation sites is 1. The molecule has 14 heteroatoms. The van der Waals surface area contributed by atoms with Crippen LogP contribution in [0.25, 0.3) is 22.6 Å². The molecule has 222 valence electrons. The number of carbonyl (C=O) groups excluding carboxylic acids is 2. The zero-order valence-electron chi connectivity index (χ0n) is 23.2. The molecule has 4 aromatic rings. The van der Waals surface area contributed by atoms with E-state index in [1.165, 1.54) is 46.4 Å². The van der Waals surface area contributed by atoms with Crippen LogP contribution >= 0.6 is 11.8 Å². The Morgan fingerprint density at radius 1 is 1.09 bits per heavy atom. The number of alkyl halides is 3. The molecule has 1 aliphatic heterocycles. The molecule has 2 heterocycles. The maximum absolute atomic E-state index is 12.7. The van der Waals surface area contributed by atoms with Gasteiger partial charge in [0.2, 0.25) is 5.91 Å². The molecule has 0 bridgehead atoms. The Labute approximate surface area is 253 Å². The van der Waals surface area contributed by atoms with Gasteiger partial charge in [0, 0.05) is 11.8 Å². The Bertz CT molecular complexity index is 1810. The molecule has 1 fully saturated rings. The molecule has 3 amide bonds. The fourth-order valence-corrected chi connectivity index (χ4v) is 5.23. The lowest BCUT2D eigenvalue weighted by atomic mass is 10.1. The molecule has 44 heavy (non-hydrogen) atoms. The van der Waals surface area contributed by atoms with Crippen molar-refractivity contribution >= 4 is 40.1 Å². The number of aromatic nitrogens is 3. The number of hydrogen-bond acceptors (Lipinski definition) is 7. The zero-order valence-corrected chi connectivity index (χ0v) is 24.0. The van der Waals surface area contributed by atoms with E-state index in [4.69, 9.17) is 0 Å². The van der Waals surface area contributed by atoms with Crippen molar-refractivity contribution < 1.29 is 27.5 Å². The smallest absolute Gasteiger partial charge is 0.406 e. The van der Waals surface area contributed by atoms with Gasteiger partial charge in [-0.15, -0.1) is 18.3 Å². The number of aliphatic imine (C=N–C) groups is 1. The fraction of sp³-hybridized carbons (Fsp3) is 0.133. The van der Waals surface area contributed by atoms with Crippen LogP contribution in [0.1, 0.15) is 16.7 Å². The van der Waals surface area contributed by atoms with Crippen molar-refractivity contribution in [2.75, 3.05) is 10.7 Å².